The van der Waals surface area contributed by atoms with Gasteiger partial charge >= 0.3 is 0 Å². The Hall–Kier alpha value is -3.62. The smallest absolute Gasteiger partial charge is 0.255 e. The summed E-state index contributed by atoms with van der Waals surface area (Å²) < 4.78 is 2.84. The molecule has 0 bridgehead atoms. The van der Waals surface area contributed by atoms with Crippen molar-refractivity contribution in [1.82, 2.24) is 23.9 Å². The Morgan fingerprint density at radius 2 is 1.96 bits per heavy atom. The third-order valence-electron chi connectivity index (χ3n) is 4.00. The molecule has 0 amide bonds. The lowest BCUT2D eigenvalue weighted by molar-refractivity contribution is 0.846. The first-order valence-corrected chi connectivity index (χ1v) is 7.09. The Balaban J connectivity index is 2.29. The average molecular weight is 323 g/mol. The highest BCUT2D eigenvalue weighted by molar-refractivity contribution is 6.03. The van der Waals surface area contributed by atoms with Gasteiger partial charge in [0, 0.05) is 37.1 Å². The van der Waals surface area contributed by atoms with Crippen molar-refractivity contribution >= 4 is 28.4 Å². The Labute approximate surface area is 134 Å². The first kappa shape index (κ1) is 14.0. The first-order valence-electron chi connectivity index (χ1n) is 7.09. The summed E-state index contributed by atoms with van der Waals surface area (Å²) in [6, 6.07) is 4.45. The van der Waals surface area contributed by atoms with Crippen molar-refractivity contribution in [3.8, 4) is 11.3 Å². The molecule has 0 aliphatic carbocycles. The summed E-state index contributed by atoms with van der Waals surface area (Å²) in [7, 11) is 1.53. The molecular weight excluding hydrogens is 310 g/mol. The molecule has 0 aromatic carbocycles. The van der Waals surface area contributed by atoms with E-state index >= 15 is 0 Å². The lowest BCUT2D eigenvalue weighted by Crippen LogP contribution is -2.20. The fraction of sp³-hybridized carbons (Fsp3) is 0.0667. The van der Waals surface area contributed by atoms with E-state index < -0.39 is 0 Å². The highest BCUT2D eigenvalue weighted by atomic mass is 16.1. The molecule has 0 atom stereocenters. The summed E-state index contributed by atoms with van der Waals surface area (Å²) in [6.07, 6.45) is 3.06. The van der Waals surface area contributed by atoms with E-state index in [9.17, 15) is 9.59 Å². The zero-order valence-corrected chi connectivity index (χ0v) is 12.6. The Morgan fingerprint density at radius 1 is 1.17 bits per heavy atom. The van der Waals surface area contributed by atoms with Crippen LogP contribution in [-0.4, -0.2) is 23.9 Å². The zero-order chi connectivity index (χ0) is 17.0. The van der Waals surface area contributed by atoms with Crippen molar-refractivity contribution < 1.29 is 0 Å². The zero-order valence-electron chi connectivity index (χ0n) is 12.6. The Bertz CT molecular complexity index is 1230. The molecule has 4 aromatic heterocycles. The molecule has 0 spiro atoms. The minimum Gasteiger partial charge on any atom is -0.369 e. The molecule has 0 aliphatic rings. The van der Waals surface area contributed by atoms with Crippen molar-refractivity contribution in [1.29, 1.82) is 0 Å². The number of aromatic nitrogens is 5. The van der Waals surface area contributed by atoms with Crippen LogP contribution < -0.4 is 22.5 Å². The van der Waals surface area contributed by atoms with Crippen molar-refractivity contribution in [2.75, 3.05) is 11.5 Å². The molecule has 0 aliphatic heterocycles. The second kappa shape index (κ2) is 4.69. The number of pyridine rings is 1. The maximum atomic E-state index is 12.5. The number of rotatable bonds is 1. The quantitative estimate of drug-likeness (QED) is 0.454. The number of nitrogen functional groups attached to an aromatic ring is 2. The minimum atomic E-state index is -0.320. The van der Waals surface area contributed by atoms with Crippen LogP contribution in [0.2, 0.25) is 0 Å². The van der Waals surface area contributed by atoms with Gasteiger partial charge in [-0.15, -0.1) is 0 Å². The van der Waals surface area contributed by atoms with E-state index in [1.165, 1.54) is 36.1 Å². The van der Waals surface area contributed by atoms with Crippen LogP contribution in [0.25, 0.3) is 27.8 Å². The molecule has 0 unspecified atom stereocenters. The van der Waals surface area contributed by atoms with E-state index in [0.717, 1.165) is 0 Å². The van der Waals surface area contributed by atoms with Gasteiger partial charge in [0.25, 0.3) is 5.56 Å². The van der Waals surface area contributed by atoms with Gasteiger partial charge < -0.3 is 16.5 Å². The minimum absolute atomic E-state index is 0.0550. The molecule has 0 radical (unpaired) electrons. The van der Waals surface area contributed by atoms with Crippen LogP contribution in [0, 0.1) is 0 Å². The largest absolute Gasteiger partial charge is 0.369 e. The Morgan fingerprint density at radius 3 is 2.71 bits per heavy atom. The molecule has 4 heterocycles. The van der Waals surface area contributed by atoms with E-state index in [4.69, 9.17) is 11.5 Å². The number of nitrogens with one attached hydrogen (secondary N) is 1. The molecule has 0 saturated carbocycles. The van der Waals surface area contributed by atoms with Crippen molar-refractivity contribution in [3.05, 3.63) is 51.2 Å². The number of aromatic amines is 1. The molecule has 0 saturated heterocycles. The van der Waals surface area contributed by atoms with E-state index in [1.807, 2.05) is 0 Å². The van der Waals surface area contributed by atoms with Crippen LogP contribution in [0.5, 0.6) is 0 Å². The molecule has 9 nitrogen and oxygen atoms in total. The molecule has 24 heavy (non-hydrogen) atoms. The SMILES string of the molecule is Cn1c(N)nc(-c2c3c(=O)cc[nH]c3n3c(N)nccc23)cc1=O. The lowest BCUT2D eigenvalue weighted by Gasteiger charge is -2.05. The monoisotopic (exact) mass is 323 g/mol. The predicted octanol–water partition coefficient (Wildman–Crippen LogP) is 0.101. The first-order chi connectivity index (χ1) is 11.5. The van der Waals surface area contributed by atoms with E-state index in [2.05, 4.69) is 15.0 Å². The molecule has 4 aromatic rings. The lowest BCUT2D eigenvalue weighted by atomic mass is 10.1. The van der Waals surface area contributed by atoms with Crippen LogP contribution in [0.3, 0.4) is 0 Å². The number of hydrogen-bond acceptors (Lipinski definition) is 6. The summed E-state index contributed by atoms with van der Waals surface area (Å²) in [6.45, 7) is 0. The number of H-pyrrole nitrogens is 1. The van der Waals surface area contributed by atoms with Gasteiger partial charge in [0.2, 0.25) is 11.9 Å². The van der Waals surface area contributed by atoms with E-state index in [0.29, 0.717) is 27.8 Å². The molecule has 0 fully saturated rings. The van der Waals surface area contributed by atoms with Gasteiger partial charge in [-0.3, -0.25) is 18.6 Å². The summed E-state index contributed by atoms with van der Waals surface area (Å²) in [4.78, 5) is 35.9. The standard InChI is InChI=1S/C15H13N7O2/c1-21-10(24)6-7(20-15(21)17)11-8-2-4-19-14(16)22(8)13-12(11)9(23)3-5-18-13/h2-6H,1H3,(H2,16,19)(H2,17,20)(H,18,23). The highest BCUT2D eigenvalue weighted by Gasteiger charge is 2.20. The van der Waals surface area contributed by atoms with Crippen molar-refractivity contribution in [2.24, 2.45) is 7.05 Å². The molecule has 5 N–H and O–H groups in total. The van der Waals surface area contributed by atoms with Gasteiger partial charge in [-0.1, -0.05) is 0 Å². The Kier molecular flexibility index (Phi) is 2.73. The van der Waals surface area contributed by atoms with Crippen LogP contribution in [-0.2, 0) is 7.05 Å². The van der Waals surface area contributed by atoms with Crippen molar-refractivity contribution in [3.63, 3.8) is 0 Å². The van der Waals surface area contributed by atoms with Crippen LogP contribution in [0.4, 0.5) is 11.9 Å². The third-order valence-corrected chi connectivity index (χ3v) is 4.00. The normalized spacial score (nSPS) is 11.4. The van der Waals surface area contributed by atoms with Gasteiger partial charge in [-0.05, 0) is 6.07 Å². The van der Waals surface area contributed by atoms with Gasteiger partial charge in [0.15, 0.2) is 5.43 Å². The third kappa shape index (κ3) is 1.75. The molecular formula is C15H13N7O2. The van der Waals surface area contributed by atoms with Gasteiger partial charge in [0.1, 0.15) is 5.65 Å². The number of hydrogen-bond donors (Lipinski definition) is 3. The highest BCUT2D eigenvalue weighted by Crippen LogP contribution is 2.32. The fourth-order valence-electron chi connectivity index (χ4n) is 2.83. The summed E-state index contributed by atoms with van der Waals surface area (Å²) in [5.74, 6) is 0.266. The van der Waals surface area contributed by atoms with Crippen LogP contribution in [0.1, 0.15) is 0 Å². The number of anilines is 2. The number of nitrogens with two attached hydrogens (primary N) is 2. The van der Waals surface area contributed by atoms with E-state index in [1.54, 1.807) is 10.5 Å². The number of fused-ring (bicyclic) bond motifs is 3. The van der Waals surface area contributed by atoms with Gasteiger partial charge in [-0.25, -0.2) is 9.97 Å². The second-order valence-electron chi connectivity index (χ2n) is 5.36. The average Bonchev–Trinajstić information content (AvgIpc) is 2.89. The number of nitrogens with zero attached hydrogens (tertiary/aromatic N) is 4. The maximum absolute atomic E-state index is 12.5. The second-order valence-corrected chi connectivity index (χ2v) is 5.36. The molecule has 120 valence electrons. The van der Waals surface area contributed by atoms with Crippen molar-refractivity contribution in [2.45, 2.75) is 0 Å². The van der Waals surface area contributed by atoms with Crippen LogP contribution in [0.15, 0.2) is 40.2 Å². The topological polar surface area (TPSA) is 137 Å². The summed E-state index contributed by atoms with van der Waals surface area (Å²) in [5, 5.41) is 0.373. The van der Waals surface area contributed by atoms with E-state index in [-0.39, 0.29) is 22.9 Å². The summed E-state index contributed by atoms with van der Waals surface area (Å²) >= 11 is 0. The molecule has 4 rings (SSSR count). The fourth-order valence-corrected chi connectivity index (χ4v) is 2.83. The maximum Gasteiger partial charge on any atom is 0.255 e. The van der Waals surface area contributed by atoms with Crippen LogP contribution >= 0.6 is 0 Å². The van der Waals surface area contributed by atoms with Gasteiger partial charge in [0.05, 0.1) is 16.6 Å². The predicted molar refractivity (Wildman–Crippen MR) is 90.6 cm³/mol. The molecule has 9 heteroatoms. The summed E-state index contributed by atoms with van der Waals surface area (Å²) in [5.41, 5.74) is 13.1. The van der Waals surface area contributed by atoms with Gasteiger partial charge in [-0.2, -0.15) is 0 Å².